The van der Waals surface area contributed by atoms with Crippen molar-refractivity contribution in [2.75, 3.05) is 26.0 Å². The summed E-state index contributed by atoms with van der Waals surface area (Å²) in [6.45, 7) is 1.48. The second-order valence-corrected chi connectivity index (χ2v) is 4.38. The van der Waals surface area contributed by atoms with E-state index >= 15 is 0 Å². The van der Waals surface area contributed by atoms with Crippen LogP contribution in [0.4, 0.5) is 5.69 Å². The van der Waals surface area contributed by atoms with Crippen LogP contribution >= 0.6 is 0 Å². The predicted octanol–water partition coefficient (Wildman–Crippen LogP) is 1.79. The summed E-state index contributed by atoms with van der Waals surface area (Å²) in [5.74, 6) is 1.38. The smallest absolute Gasteiger partial charge is 0.245 e. The second kappa shape index (κ2) is 6.16. The van der Waals surface area contributed by atoms with Gasteiger partial charge in [-0.15, -0.1) is 0 Å². The molecule has 2 rings (SSSR count). The molecular weight excluding hydrogens is 228 g/mol. The van der Waals surface area contributed by atoms with Crippen LogP contribution in [0, 0.1) is 0 Å². The highest BCUT2D eigenvalue weighted by molar-refractivity contribution is 5.42. The summed E-state index contributed by atoms with van der Waals surface area (Å²) < 4.78 is 5.18. The lowest BCUT2D eigenvalue weighted by Gasteiger charge is -2.05. The minimum Gasteiger partial charge on any atom is -0.376 e. The Labute approximate surface area is 107 Å². The second-order valence-electron chi connectivity index (χ2n) is 4.38. The molecule has 0 aliphatic heterocycles. The molecule has 2 aromatic rings. The molecule has 5 nitrogen and oxygen atoms in total. The SMILES string of the molecule is CN(C)CCc1noc(CNc2ccccc2)n1. The van der Waals surface area contributed by atoms with Gasteiger partial charge in [0, 0.05) is 18.7 Å². The Kier molecular flexibility index (Phi) is 4.30. The molecule has 0 unspecified atom stereocenters. The summed E-state index contributed by atoms with van der Waals surface area (Å²) >= 11 is 0. The van der Waals surface area contributed by atoms with E-state index in [1.165, 1.54) is 0 Å². The quantitative estimate of drug-likeness (QED) is 0.842. The fraction of sp³-hybridized carbons (Fsp3) is 0.385. The van der Waals surface area contributed by atoms with Crippen molar-refractivity contribution in [2.24, 2.45) is 0 Å². The topological polar surface area (TPSA) is 54.2 Å². The number of hydrogen-bond donors (Lipinski definition) is 1. The van der Waals surface area contributed by atoms with Crippen LogP contribution in [0.15, 0.2) is 34.9 Å². The van der Waals surface area contributed by atoms with Gasteiger partial charge in [0.05, 0.1) is 6.54 Å². The average Bonchev–Trinajstić information content (AvgIpc) is 2.83. The largest absolute Gasteiger partial charge is 0.376 e. The molecule has 0 amide bonds. The number of likely N-dealkylation sites (N-methyl/N-ethyl adjacent to an activating group) is 1. The van der Waals surface area contributed by atoms with Crippen LogP contribution in [-0.4, -0.2) is 35.7 Å². The zero-order chi connectivity index (χ0) is 12.8. The van der Waals surface area contributed by atoms with Crippen LogP contribution in [-0.2, 0) is 13.0 Å². The molecular formula is C13H18N4O. The monoisotopic (exact) mass is 246 g/mol. The highest BCUT2D eigenvalue weighted by atomic mass is 16.5. The van der Waals surface area contributed by atoms with Crippen molar-refractivity contribution < 1.29 is 4.52 Å². The molecule has 1 aromatic heterocycles. The van der Waals surface area contributed by atoms with Crippen molar-refractivity contribution >= 4 is 5.69 Å². The van der Waals surface area contributed by atoms with E-state index in [1.54, 1.807) is 0 Å². The van der Waals surface area contributed by atoms with Gasteiger partial charge in [0.15, 0.2) is 5.82 Å². The number of anilines is 1. The Morgan fingerprint density at radius 1 is 1.22 bits per heavy atom. The summed E-state index contributed by atoms with van der Waals surface area (Å²) in [4.78, 5) is 6.43. The van der Waals surface area contributed by atoms with E-state index in [0.717, 1.165) is 24.5 Å². The molecule has 5 heteroatoms. The molecule has 0 radical (unpaired) electrons. The Morgan fingerprint density at radius 3 is 2.72 bits per heavy atom. The molecule has 1 heterocycles. The maximum Gasteiger partial charge on any atom is 0.245 e. The van der Waals surface area contributed by atoms with Gasteiger partial charge in [-0.25, -0.2) is 0 Å². The maximum absolute atomic E-state index is 5.18. The summed E-state index contributed by atoms with van der Waals surface area (Å²) in [6, 6.07) is 9.96. The van der Waals surface area contributed by atoms with Crippen LogP contribution < -0.4 is 5.32 Å². The highest BCUT2D eigenvalue weighted by Crippen LogP contribution is 2.07. The van der Waals surface area contributed by atoms with Gasteiger partial charge in [0.25, 0.3) is 0 Å². The molecule has 0 bridgehead atoms. The van der Waals surface area contributed by atoms with Crippen molar-refractivity contribution in [3.63, 3.8) is 0 Å². The molecule has 0 spiro atoms. The number of rotatable bonds is 6. The Hall–Kier alpha value is -1.88. The molecule has 0 aliphatic rings. The first-order valence-electron chi connectivity index (χ1n) is 5.99. The number of nitrogens with zero attached hydrogens (tertiary/aromatic N) is 3. The number of para-hydroxylation sites is 1. The van der Waals surface area contributed by atoms with Crippen molar-refractivity contribution in [3.05, 3.63) is 42.0 Å². The van der Waals surface area contributed by atoms with E-state index in [1.807, 2.05) is 44.4 Å². The van der Waals surface area contributed by atoms with E-state index in [4.69, 9.17) is 4.52 Å². The van der Waals surface area contributed by atoms with Gasteiger partial charge >= 0.3 is 0 Å². The first kappa shape index (κ1) is 12.6. The number of benzene rings is 1. The third-order valence-electron chi connectivity index (χ3n) is 2.51. The van der Waals surface area contributed by atoms with Crippen molar-refractivity contribution in [3.8, 4) is 0 Å². The first-order valence-corrected chi connectivity index (χ1v) is 5.99. The lowest BCUT2D eigenvalue weighted by Crippen LogP contribution is -2.15. The lowest BCUT2D eigenvalue weighted by molar-refractivity contribution is 0.369. The Bertz CT molecular complexity index is 467. The van der Waals surface area contributed by atoms with Crippen LogP contribution in [0.3, 0.4) is 0 Å². The van der Waals surface area contributed by atoms with Gasteiger partial charge in [-0.1, -0.05) is 23.4 Å². The standard InChI is InChI=1S/C13H18N4O/c1-17(2)9-8-12-15-13(18-16-12)10-14-11-6-4-3-5-7-11/h3-7,14H,8-10H2,1-2H3. The molecule has 18 heavy (non-hydrogen) atoms. The normalized spacial score (nSPS) is 10.8. The molecule has 96 valence electrons. The molecule has 0 aliphatic carbocycles. The summed E-state index contributed by atoms with van der Waals surface area (Å²) in [5, 5.41) is 7.18. The Balaban J connectivity index is 1.83. The van der Waals surface area contributed by atoms with E-state index in [-0.39, 0.29) is 0 Å². The van der Waals surface area contributed by atoms with E-state index < -0.39 is 0 Å². The highest BCUT2D eigenvalue weighted by Gasteiger charge is 2.06. The number of aromatic nitrogens is 2. The zero-order valence-electron chi connectivity index (χ0n) is 10.8. The first-order chi connectivity index (χ1) is 8.74. The van der Waals surface area contributed by atoms with Gasteiger partial charge in [-0.3, -0.25) is 0 Å². The summed E-state index contributed by atoms with van der Waals surface area (Å²) in [5.41, 5.74) is 1.05. The third kappa shape index (κ3) is 3.85. The average molecular weight is 246 g/mol. The van der Waals surface area contributed by atoms with E-state index in [9.17, 15) is 0 Å². The zero-order valence-corrected chi connectivity index (χ0v) is 10.8. The lowest BCUT2D eigenvalue weighted by atomic mass is 10.3. The van der Waals surface area contributed by atoms with Gasteiger partial charge in [0.2, 0.25) is 5.89 Å². The van der Waals surface area contributed by atoms with Gasteiger partial charge in [-0.05, 0) is 26.2 Å². The van der Waals surface area contributed by atoms with Crippen molar-refractivity contribution in [2.45, 2.75) is 13.0 Å². The summed E-state index contributed by atoms with van der Waals surface area (Å²) in [6.07, 6.45) is 0.807. The molecule has 0 saturated heterocycles. The molecule has 1 aromatic carbocycles. The molecule has 1 N–H and O–H groups in total. The minimum atomic E-state index is 0.555. The van der Waals surface area contributed by atoms with Gasteiger partial charge < -0.3 is 14.7 Å². The molecule has 0 fully saturated rings. The van der Waals surface area contributed by atoms with Crippen LogP contribution in [0.1, 0.15) is 11.7 Å². The maximum atomic E-state index is 5.18. The van der Waals surface area contributed by atoms with E-state index in [2.05, 4.69) is 20.4 Å². The fourth-order valence-electron chi connectivity index (χ4n) is 1.52. The minimum absolute atomic E-state index is 0.555. The van der Waals surface area contributed by atoms with Crippen LogP contribution in [0.2, 0.25) is 0 Å². The summed E-state index contributed by atoms with van der Waals surface area (Å²) in [7, 11) is 4.05. The Morgan fingerprint density at radius 2 is 2.00 bits per heavy atom. The predicted molar refractivity (Wildman–Crippen MR) is 70.3 cm³/mol. The number of hydrogen-bond acceptors (Lipinski definition) is 5. The third-order valence-corrected chi connectivity index (χ3v) is 2.51. The molecule has 0 atom stereocenters. The van der Waals surface area contributed by atoms with Crippen LogP contribution in [0.25, 0.3) is 0 Å². The van der Waals surface area contributed by atoms with Gasteiger partial charge in [0.1, 0.15) is 0 Å². The van der Waals surface area contributed by atoms with Crippen molar-refractivity contribution in [1.29, 1.82) is 0 Å². The molecule has 0 saturated carbocycles. The van der Waals surface area contributed by atoms with Gasteiger partial charge in [-0.2, -0.15) is 4.98 Å². The fourth-order valence-corrected chi connectivity index (χ4v) is 1.52. The number of nitrogens with one attached hydrogen (secondary N) is 1. The van der Waals surface area contributed by atoms with Crippen LogP contribution in [0.5, 0.6) is 0 Å². The van der Waals surface area contributed by atoms with Crippen molar-refractivity contribution in [1.82, 2.24) is 15.0 Å². The van der Waals surface area contributed by atoms with E-state index in [0.29, 0.717) is 12.4 Å².